The molecule has 0 bridgehead atoms. The van der Waals surface area contributed by atoms with E-state index in [4.69, 9.17) is 16.3 Å². The van der Waals surface area contributed by atoms with Crippen molar-refractivity contribution in [3.05, 3.63) is 78.6 Å². The van der Waals surface area contributed by atoms with Crippen LogP contribution in [0.15, 0.2) is 67.4 Å². The molecule has 1 aromatic carbocycles. The molecule has 3 aromatic rings. The van der Waals surface area contributed by atoms with Crippen LogP contribution in [0.2, 0.25) is 0 Å². The molecule has 0 saturated carbocycles. The highest BCUT2D eigenvalue weighted by Gasteiger charge is 2.12. The maximum atomic E-state index is 12.8. The number of hydrogen-bond acceptors (Lipinski definition) is 7. The maximum Gasteiger partial charge on any atom is 0.334 e. The SMILES string of the molecule is C=C(Cl)S/C(=C\C)SNC(=O)Nc1ccc(-n2c(=O)[nH]c3cc(OC)ccc3c2=O)nc1. The molecule has 3 N–H and O–H groups in total. The molecule has 0 aliphatic heterocycles. The van der Waals surface area contributed by atoms with Gasteiger partial charge in [-0.1, -0.05) is 36.0 Å². The highest BCUT2D eigenvalue weighted by molar-refractivity contribution is 8.24. The molecule has 0 atom stereocenters. The van der Waals surface area contributed by atoms with Crippen LogP contribution in [0.3, 0.4) is 0 Å². The van der Waals surface area contributed by atoms with Crippen molar-refractivity contribution < 1.29 is 9.53 Å². The Kier molecular flexibility index (Phi) is 7.67. The molecule has 2 amide bonds. The lowest BCUT2D eigenvalue weighted by Crippen LogP contribution is -2.34. The van der Waals surface area contributed by atoms with Gasteiger partial charge in [0.1, 0.15) is 11.6 Å². The highest BCUT2D eigenvalue weighted by Crippen LogP contribution is 2.33. The van der Waals surface area contributed by atoms with E-state index in [1.165, 1.54) is 37.2 Å². The minimum Gasteiger partial charge on any atom is -0.497 e. The number of carbonyl (C=O) groups is 1. The van der Waals surface area contributed by atoms with Crippen molar-refractivity contribution in [1.29, 1.82) is 0 Å². The Morgan fingerprint density at radius 1 is 1.31 bits per heavy atom. The smallest absolute Gasteiger partial charge is 0.334 e. The molecule has 166 valence electrons. The second-order valence-electron chi connectivity index (χ2n) is 6.11. The van der Waals surface area contributed by atoms with Crippen molar-refractivity contribution in [1.82, 2.24) is 19.3 Å². The zero-order valence-electron chi connectivity index (χ0n) is 17.0. The first-order valence-corrected chi connectivity index (χ1v) is 11.1. The van der Waals surface area contributed by atoms with E-state index in [9.17, 15) is 14.4 Å². The number of benzene rings is 1. The summed E-state index contributed by atoms with van der Waals surface area (Å²) in [5.74, 6) is 0.630. The number of ether oxygens (including phenoxy) is 1. The third-order valence-corrected chi connectivity index (χ3v) is 6.15. The third kappa shape index (κ3) is 5.55. The van der Waals surface area contributed by atoms with Gasteiger partial charge in [0.05, 0.1) is 38.5 Å². The predicted molar refractivity (Wildman–Crippen MR) is 131 cm³/mol. The number of H-pyrrole nitrogens is 1. The molecule has 0 aliphatic rings. The van der Waals surface area contributed by atoms with Crippen LogP contribution >= 0.6 is 35.3 Å². The van der Waals surface area contributed by atoms with E-state index < -0.39 is 17.3 Å². The minimum absolute atomic E-state index is 0.113. The van der Waals surface area contributed by atoms with Gasteiger partial charge < -0.3 is 15.0 Å². The molecule has 0 aliphatic carbocycles. The van der Waals surface area contributed by atoms with E-state index in [0.717, 1.165) is 20.8 Å². The van der Waals surface area contributed by atoms with E-state index in [1.54, 1.807) is 24.3 Å². The number of pyridine rings is 1. The first-order valence-electron chi connectivity index (χ1n) is 9.04. The van der Waals surface area contributed by atoms with Gasteiger partial charge in [-0.15, -0.1) is 0 Å². The van der Waals surface area contributed by atoms with Crippen LogP contribution in [-0.4, -0.2) is 27.7 Å². The van der Waals surface area contributed by atoms with Crippen molar-refractivity contribution in [2.45, 2.75) is 6.92 Å². The summed E-state index contributed by atoms with van der Waals surface area (Å²) in [7, 11) is 1.49. The summed E-state index contributed by atoms with van der Waals surface area (Å²) in [4.78, 5) is 44.2. The fourth-order valence-corrected chi connectivity index (χ4v) is 4.30. The number of fused-ring (bicyclic) bond motifs is 1. The maximum absolute atomic E-state index is 12.8. The Labute approximate surface area is 196 Å². The predicted octanol–water partition coefficient (Wildman–Crippen LogP) is 4.16. The Hall–Kier alpha value is -3.15. The van der Waals surface area contributed by atoms with Gasteiger partial charge in [0.15, 0.2) is 0 Å². The van der Waals surface area contributed by atoms with Crippen LogP contribution < -0.4 is 26.0 Å². The second kappa shape index (κ2) is 10.4. The first-order chi connectivity index (χ1) is 15.3. The van der Waals surface area contributed by atoms with Gasteiger partial charge in [0, 0.05) is 6.07 Å². The van der Waals surface area contributed by atoms with Crippen LogP contribution in [-0.2, 0) is 0 Å². The van der Waals surface area contributed by atoms with Gasteiger partial charge >= 0.3 is 11.7 Å². The van der Waals surface area contributed by atoms with Crippen LogP contribution in [0.25, 0.3) is 16.7 Å². The quantitative estimate of drug-likeness (QED) is 0.425. The van der Waals surface area contributed by atoms with E-state index in [0.29, 0.717) is 26.7 Å². The summed E-state index contributed by atoms with van der Waals surface area (Å²) in [5.41, 5.74) is -0.431. The average Bonchev–Trinajstić information content (AvgIpc) is 2.77. The molecule has 0 saturated heterocycles. The van der Waals surface area contributed by atoms with Gasteiger partial charge in [-0.2, -0.15) is 0 Å². The summed E-state index contributed by atoms with van der Waals surface area (Å²) in [6.07, 6.45) is 3.13. The van der Waals surface area contributed by atoms with Gasteiger partial charge in [-0.3, -0.25) is 9.52 Å². The lowest BCUT2D eigenvalue weighted by Gasteiger charge is -2.10. The van der Waals surface area contributed by atoms with Gasteiger partial charge in [-0.25, -0.2) is 19.1 Å². The summed E-state index contributed by atoms with van der Waals surface area (Å²) in [6.45, 7) is 5.40. The highest BCUT2D eigenvalue weighted by atomic mass is 35.5. The summed E-state index contributed by atoms with van der Waals surface area (Å²) in [5, 5.41) is 2.92. The number of aromatic amines is 1. The Balaban J connectivity index is 1.76. The molecule has 0 radical (unpaired) electrons. The van der Waals surface area contributed by atoms with Crippen molar-refractivity contribution >= 4 is 57.9 Å². The largest absolute Gasteiger partial charge is 0.497 e. The van der Waals surface area contributed by atoms with Crippen LogP contribution in [0.4, 0.5) is 10.5 Å². The number of methoxy groups -OCH3 is 1. The first kappa shape index (κ1) is 23.5. The second-order valence-corrected chi connectivity index (χ2v) is 9.03. The normalized spacial score (nSPS) is 11.3. The number of halogens is 1. The summed E-state index contributed by atoms with van der Waals surface area (Å²) < 4.78 is 9.78. The molecule has 0 unspecified atom stereocenters. The zero-order chi connectivity index (χ0) is 23.3. The number of nitrogens with one attached hydrogen (secondary N) is 3. The lowest BCUT2D eigenvalue weighted by atomic mass is 10.2. The zero-order valence-corrected chi connectivity index (χ0v) is 19.4. The Morgan fingerprint density at radius 3 is 2.72 bits per heavy atom. The lowest BCUT2D eigenvalue weighted by molar-refractivity contribution is 0.257. The molecule has 32 heavy (non-hydrogen) atoms. The Bertz CT molecular complexity index is 1320. The number of thioether (sulfide) groups is 1. The molecule has 0 spiro atoms. The fraction of sp³-hybridized carbons (Fsp3) is 0.100. The molecule has 3 rings (SSSR count). The van der Waals surface area contributed by atoms with Crippen LogP contribution in [0.1, 0.15) is 6.92 Å². The number of hydrogen-bond donors (Lipinski definition) is 3. The monoisotopic (exact) mass is 491 g/mol. The van der Waals surface area contributed by atoms with Crippen molar-refractivity contribution in [3.8, 4) is 11.6 Å². The molecule has 12 heteroatoms. The average molecular weight is 492 g/mol. The number of carbonyl (C=O) groups excluding carboxylic acids is 1. The van der Waals surface area contributed by atoms with Crippen LogP contribution in [0, 0.1) is 0 Å². The number of rotatable bonds is 7. The minimum atomic E-state index is -0.643. The number of allylic oxidation sites excluding steroid dienone is 1. The number of nitrogens with zero attached hydrogens (tertiary/aromatic N) is 2. The van der Waals surface area contributed by atoms with Crippen molar-refractivity contribution in [3.63, 3.8) is 0 Å². The van der Waals surface area contributed by atoms with Crippen LogP contribution in [0.5, 0.6) is 5.75 Å². The number of anilines is 1. The van der Waals surface area contributed by atoms with Gasteiger partial charge in [-0.05, 0) is 43.1 Å². The number of urea groups is 1. The number of aromatic nitrogens is 3. The standard InChI is InChI=1S/C20H18ClN5O4S2/c1-4-17(31-11(2)21)32-25-19(28)23-12-5-8-16(22-10-12)26-18(27)14-7-6-13(30-3)9-15(14)24-20(26)29/h4-10H,2H2,1,3H3,(H,24,29)(H2,23,25,28)/b17-4+. The van der Waals surface area contributed by atoms with Gasteiger partial charge in [0.2, 0.25) is 0 Å². The number of amides is 2. The van der Waals surface area contributed by atoms with E-state index in [-0.39, 0.29) is 5.82 Å². The van der Waals surface area contributed by atoms with E-state index in [2.05, 4.69) is 26.6 Å². The summed E-state index contributed by atoms with van der Waals surface area (Å²) >= 11 is 8.06. The molecule has 2 aromatic heterocycles. The fourth-order valence-electron chi connectivity index (χ4n) is 2.63. The van der Waals surface area contributed by atoms with E-state index in [1.807, 2.05) is 6.92 Å². The van der Waals surface area contributed by atoms with Crippen molar-refractivity contribution in [2.24, 2.45) is 0 Å². The molecule has 0 fully saturated rings. The summed E-state index contributed by atoms with van der Waals surface area (Å²) in [6, 6.07) is 7.27. The third-order valence-electron chi connectivity index (χ3n) is 4.03. The van der Waals surface area contributed by atoms with Crippen molar-refractivity contribution in [2.75, 3.05) is 12.4 Å². The molecule has 9 nitrogen and oxygen atoms in total. The molecular formula is C20H18ClN5O4S2. The molecular weight excluding hydrogens is 474 g/mol. The molecule has 2 heterocycles. The van der Waals surface area contributed by atoms with Gasteiger partial charge in [0.25, 0.3) is 5.56 Å². The Morgan fingerprint density at radius 2 is 2.09 bits per heavy atom. The van der Waals surface area contributed by atoms with E-state index >= 15 is 0 Å². The topological polar surface area (TPSA) is 118 Å².